The Kier molecular flexibility index (Phi) is 2.22. The number of aromatic amines is 1. The number of hydrogen-bond donors (Lipinski definition) is 1. The number of allylic oxidation sites excluding steroid dienone is 1. The van der Waals surface area contributed by atoms with Crippen molar-refractivity contribution in [1.82, 2.24) is 9.97 Å². The van der Waals surface area contributed by atoms with Crippen LogP contribution in [-0.4, -0.2) is 16.1 Å². The van der Waals surface area contributed by atoms with Crippen molar-refractivity contribution >= 4 is 5.57 Å². The van der Waals surface area contributed by atoms with E-state index in [0.29, 0.717) is 0 Å². The van der Waals surface area contributed by atoms with Gasteiger partial charge in [-0.15, -0.1) is 0 Å². The van der Waals surface area contributed by atoms with Crippen LogP contribution in [0.1, 0.15) is 5.56 Å². The first kappa shape index (κ1) is 9.50. The van der Waals surface area contributed by atoms with Gasteiger partial charge < -0.3 is 4.98 Å². The number of rotatable bonds is 1. The molecule has 70 valence electrons. The fourth-order valence-corrected chi connectivity index (χ4v) is 0.671. The molecule has 0 unspecified atom stereocenters. The van der Waals surface area contributed by atoms with Gasteiger partial charge in [0.25, 0.3) is 0 Å². The van der Waals surface area contributed by atoms with E-state index < -0.39 is 17.4 Å². The van der Waals surface area contributed by atoms with E-state index in [-0.39, 0.29) is 5.56 Å². The SMILES string of the molecule is C=C(c1cnc(=O)[nH]c1)C(F)(F)F. The Morgan fingerprint density at radius 2 is 2.15 bits per heavy atom. The second-order valence-corrected chi connectivity index (χ2v) is 2.28. The van der Waals surface area contributed by atoms with Crippen molar-refractivity contribution in [3.63, 3.8) is 0 Å². The van der Waals surface area contributed by atoms with Crippen molar-refractivity contribution < 1.29 is 13.2 Å². The van der Waals surface area contributed by atoms with Gasteiger partial charge in [0, 0.05) is 18.0 Å². The molecule has 0 aliphatic heterocycles. The number of nitrogens with zero attached hydrogens (tertiary/aromatic N) is 1. The zero-order valence-electron chi connectivity index (χ0n) is 6.35. The Labute approximate surface area is 70.9 Å². The number of alkyl halides is 3. The molecule has 0 saturated carbocycles. The molecule has 1 aromatic rings. The first-order valence-electron chi connectivity index (χ1n) is 3.22. The van der Waals surface area contributed by atoms with Gasteiger partial charge in [0.1, 0.15) is 0 Å². The second-order valence-electron chi connectivity index (χ2n) is 2.28. The summed E-state index contributed by atoms with van der Waals surface area (Å²) < 4.78 is 36.0. The summed E-state index contributed by atoms with van der Waals surface area (Å²) >= 11 is 0. The minimum Gasteiger partial charge on any atom is -0.312 e. The molecule has 0 fully saturated rings. The van der Waals surface area contributed by atoms with Crippen molar-refractivity contribution in [3.05, 3.63) is 35.0 Å². The van der Waals surface area contributed by atoms with Crippen LogP contribution in [-0.2, 0) is 0 Å². The normalized spacial score (nSPS) is 11.3. The quantitative estimate of drug-likeness (QED) is 0.726. The fourth-order valence-electron chi connectivity index (χ4n) is 0.671. The minimum atomic E-state index is -4.50. The molecule has 0 saturated heterocycles. The monoisotopic (exact) mass is 190 g/mol. The maximum Gasteiger partial charge on any atom is 0.416 e. The lowest BCUT2D eigenvalue weighted by Crippen LogP contribution is -2.14. The van der Waals surface area contributed by atoms with Crippen molar-refractivity contribution in [1.29, 1.82) is 0 Å². The standard InChI is InChI=1S/C7H5F3N2O/c1-4(7(8,9)10)5-2-11-6(13)12-3-5/h2-3H,1H2,(H,11,12,13). The summed E-state index contributed by atoms with van der Waals surface area (Å²) in [6.45, 7) is 2.84. The first-order chi connectivity index (χ1) is 5.91. The molecule has 0 aliphatic carbocycles. The molecule has 13 heavy (non-hydrogen) atoms. The lowest BCUT2D eigenvalue weighted by atomic mass is 10.1. The third kappa shape index (κ3) is 2.17. The zero-order valence-corrected chi connectivity index (χ0v) is 6.35. The van der Waals surface area contributed by atoms with Crippen LogP contribution >= 0.6 is 0 Å². The summed E-state index contributed by atoms with van der Waals surface area (Å²) in [5, 5.41) is 0. The molecular weight excluding hydrogens is 185 g/mol. The summed E-state index contributed by atoms with van der Waals surface area (Å²) in [5.41, 5.74) is -1.97. The van der Waals surface area contributed by atoms with Crippen molar-refractivity contribution in [2.45, 2.75) is 6.18 Å². The van der Waals surface area contributed by atoms with Crippen LogP contribution < -0.4 is 5.69 Å². The van der Waals surface area contributed by atoms with E-state index in [0.717, 1.165) is 12.4 Å². The Hall–Kier alpha value is -1.59. The van der Waals surface area contributed by atoms with Crippen LogP contribution in [0.5, 0.6) is 0 Å². The highest BCUT2D eigenvalue weighted by Gasteiger charge is 2.32. The summed E-state index contributed by atoms with van der Waals surface area (Å²) in [6, 6.07) is 0. The fraction of sp³-hybridized carbons (Fsp3) is 0.143. The van der Waals surface area contributed by atoms with Gasteiger partial charge in [-0.05, 0) is 0 Å². The second kappa shape index (κ2) is 3.04. The van der Waals surface area contributed by atoms with Crippen molar-refractivity contribution in [3.8, 4) is 0 Å². The van der Waals surface area contributed by atoms with Crippen LogP contribution in [0.3, 0.4) is 0 Å². The van der Waals surface area contributed by atoms with E-state index in [4.69, 9.17) is 0 Å². The predicted molar refractivity (Wildman–Crippen MR) is 39.9 cm³/mol. The lowest BCUT2D eigenvalue weighted by Gasteiger charge is -2.08. The van der Waals surface area contributed by atoms with E-state index in [1.165, 1.54) is 0 Å². The molecule has 1 aromatic heterocycles. The van der Waals surface area contributed by atoms with Crippen LogP contribution in [0, 0.1) is 0 Å². The van der Waals surface area contributed by atoms with Gasteiger partial charge in [-0.3, -0.25) is 0 Å². The number of halogens is 3. The van der Waals surface area contributed by atoms with Gasteiger partial charge in [0.15, 0.2) is 0 Å². The van der Waals surface area contributed by atoms with Crippen LogP contribution in [0.4, 0.5) is 13.2 Å². The molecule has 1 heterocycles. The summed E-state index contributed by atoms with van der Waals surface area (Å²) in [6.07, 6.45) is -2.75. The van der Waals surface area contributed by atoms with E-state index in [2.05, 4.69) is 11.6 Å². The van der Waals surface area contributed by atoms with Gasteiger partial charge in [0.2, 0.25) is 0 Å². The van der Waals surface area contributed by atoms with Gasteiger partial charge in [-0.1, -0.05) is 6.58 Å². The third-order valence-electron chi connectivity index (χ3n) is 1.36. The molecule has 0 bridgehead atoms. The molecular formula is C7H5F3N2O. The van der Waals surface area contributed by atoms with Gasteiger partial charge in [-0.2, -0.15) is 13.2 Å². The smallest absolute Gasteiger partial charge is 0.312 e. The molecule has 6 heteroatoms. The molecule has 0 spiro atoms. The van der Waals surface area contributed by atoms with E-state index >= 15 is 0 Å². The molecule has 1 N–H and O–H groups in total. The molecule has 0 aliphatic rings. The van der Waals surface area contributed by atoms with Gasteiger partial charge >= 0.3 is 11.9 Å². The Morgan fingerprint density at radius 3 is 2.54 bits per heavy atom. The average Bonchev–Trinajstić information content (AvgIpc) is 2.03. The highest BCUT2D eigenvalue weighted by molar-refractivity contribution is 5.65. The van der Waals surface area contributed by atoms with Crippen LogP contribution in [0.2, 0.25) is 0 Å². The Morgan fingerprint density at radius 1 is 1.54 bits per heavy atom. The average molecular weight is 190 g/mol. The lowest BCUT2D eigenvalue weighted by molar-refractivity contribution is -0.0687. The van der Waals surface area contributed by atoms with Crippen molar-refractivity contribution in [2.24, 2.45) is 0 Å². The Balaban J connectivity index is 3.04. The molecule has 0 atom stereocenters. The number of hydrogen-bond acceptors (Lipinski definition) is 2. The summed E-state index contributed by atoms with van der Waals surface area (Å²) in [7, 11) is 0. The maximum atomic E-state index is 12.0. The minimum absolute atomic E-state index is 0.243. The molecule has 0 radical (unpaired) electrons. The number of H-pyrrole nitrogens is 1. The van der Waals surface area contributed by atoms with E-state index in [9.17, 15) is 18.0 Å². The van der Waals surface area contributed by atoms with E-state index in [1.807, 2.05) is 4.98 Å². The predicted octanol–water partition coefficient (Wildman–Crippen LogP) is 1.35. The van der Waals surface area contributed by atoms with Crippen LogP contribution in [0.15, 0.2) is 23.8 Å². The number of aromatic nitrogens is 2. The number of nitrogens with one attached hydrogen (secondary N) is 1. The highest BCUT2D eigenvalue weighted by Crippen LogP contribution is 2.30. The maximum absolute atomic E-state index is 12.0. The molecule has 0 aromatic carbocycles. The molecule has 0 amide bonds. The summed E-state index contributed by atoms with van der Waals surface area (Å²) in [5.74, 6) is 0. The topological polar surface area (TPSA) is 45.8 Å². The molecule has 1 rings (SSSR count). The third-order valence-corrected chi connectivity index (χ3v) is 1.36. The van der Waals surface area contributed by atoms with Crippen molar-refractivity contribution in [2.75, 3.05) is 0 Å². The largest absolute Gasteiger partial charge is 0.416 e. The van der Waals surface area contributed by atoms with E-state index in [1.54, 1.807) is 0 Å². The van der Waals surface area contributed by atoms with Gasteiger partial charge in [-0.25, -0.2) is 9.78 Å². The zero-order chi connectivity index (χ0) is 10.1. The first-order valence-corrected chi connectivity index (χ1v) is 3.22. The van der Waals surface area contributed by atoms with Crippen LogP contribution in [0.25, 0.3) is 5.57 Å². The Bertz CT molecular complexity index is 360. The summed E-state index contributed by atoms with van der Waals surface area (Å²) in [4.78, 5) is 15.6. The molecule has 3 nitrogen and oxygen atoms in total. The van der Waals surface area contributed by atoms with Gasteiger partial charge in [0.05, 0.1) is 5.57 Å². The highest BCUT2D eigenvalue weighted by atomic mass is 19.4.